The maximum absolute atomic E-state index is 12.5. The van der Waals surface area contributed by atoms with Crippen LogP contribution < -0.4 is 0 Å². The van der Waals surface area contributed by atoms with Crippen LogP contribution in [0.15, 0.2) is 37.1 Å². The first-order valence-corrected chi connectivity index (χ1v) is 5.46. The molecule has 0 rings (SSSR count). The highest BCUT2D eigenvalue weighted by atomic mass is 79.9. The average Bonchev–Trinajstić information content (AvgIpc) is 2.16. The molecule has 88 valence electrons. The molecule has 7 heteroatoms. The van der Waals surface area contributed by atoms with Gasteiger partial charge in [0.1, 0.15) is 12.1 Å². The maximum atomic E-state index is 12.5. The second-order valence-electron chi connectivity index (χ2n) is 2.33. The Bertz CT molecular complexity index is 365. The zero-order valence-corrected chi connectivity index (χ0v) is 10.7. The van der Waals surface area contributed by atoms with Gasteiger partial charge in [0.2, 0.25) is 0 Å². The molecule has 0 saturated heterocycles. The van der Waals surface area contributed by atoms with Crippen LogP contribution in [0.1, 0.15) is 6.92 Å². The molecule has 0 atom stereocenters. The first kappa shape index (κ1) is 15.2. The van der Waals surface area contributed by atoms with Gasteiger partial charge >= 0.3 is 6.18 Å². The summed E-state index contributed by atoms with van der Waals surface area (Å²) in [5.74, 6) is 2.12. The topological polar surface area (TPSA) is 24.7 Å². The summed E-state index contributed by atoms with van der Waals surface area (Å²) in [7, 11) is 0. The summed E-state index contributed by atoms with van der Waals surface area (Å²) in [5.41, 5.74) is -0.862. The number of rotatable bonds is 4. The summed E-state index contributed by atoms with van der Waals surface area (Å²) in [6.45, 7) is 4.72. The molecule has 16 heavy (non-hydrogen) atoms. The molecule has 0 radical (unpaired) electrons. The van der Waals surface area contributed by atoms with E-state index in [-0.39, 0.29) is 4.48 Å². The summed E-state index contributed by atoms with van der Waals surface area (Å²) in [6, 6.07) is 0. The van der Waals surface area contributed by atoms with E-state index in [2.05, 4.69) is 37.3 Å². The van der Waals surface area contributed by atoms with Crippen molar-refractivity contribution in [1.29, 1.82) is 0 Å². The third-order valence-electron chi connectivity index (χ3n) is 1.24. The first-order chi connectivity index (χ1) is 7.43. The van der Waals surface area contributed by atoms with E-state index in [1.165, 1.54) is 12.2 Å². The Kier molecular flexibility index (Phi) is 7.12. The van der Waals surface area contributed by atoms with Gasteiger partial charge in [-0.25, -0.2) is 4.40 Å². The largest absolute Gasteiger partial charge is 0.418 e. The van der Waals surface area contributed by atoms with E-state index in [1.807, 2.05) is 0 Å². The Morgan fingerprint density at radius 1 is 1.50 bits per heavy atom. The Balaban J connectivity index is 5.21. The van der Waals surface area contributed by atoms with Crippen LogP contribution in [-0.4, -0.2) is 18.8 Å². The Morgan fingerprint density at radius 2 is 2.12 bits per heavy atom. The van der Waals surface area contributed by atoms with Crippen LogP contribution in [0.3, 0.4) is 0 Å². The fourth-order valence-corrected chi connectivity index (χ4v) is 1.43. The Hall–Kier alpha value is -0.780. The smallest absolute Gasteiger partial charge is 0.209 e. The number of hydrogen-bond donors (Lipinski definition) is 0. The molecule has 0 aliphatic rings. The summed E-state index contributed by atoms with van der Waals surface area (Å²) < 4.78 is 44.2. The molecule has 0 unspecified atom stereocenters. The number of alkyl halides is 3. The fraction of sp³-hybridized carbons (Fsp3) is 0.222. The van der Waals surface area contributed by atoms with Crippen molar-refractivity contribution >= 4 is 40.7 Å². The molecule has 0 saturated carbocycles. The molecule has 0 aromatic carbocycles. The van der Waals surface area contributed by atoms with Crippen LogP contribution in [0.2, 0.25) is 0 Å². The van der Waals surface area contributed by atoms with Crippen molar-refractivity contribution in [3.8, 4) is 0 Å². The summed E-state index contributed by atoms with van der Waals surface area (Å²) in [6.07, 6.45) is -0.948. The molecule has 0 aromatic rings. The van der Waals surface area contributed by atoms with Crippen molar-refractivity contribution < 1.29 is 13.2 Å². The summed E-state index contributed by atoms with van der Waals surface area (Å²) in [4.78, 5) is 0. The van der Waals surface area contributed by atoms with Gasteiger partial charge in [-0.05, 0) is 12.8 Å². The predicted molar refractivity (Wildman–Crippen MR) is 66.0 cm³/mol. The van der Waals surface area contributed by atoms with E-state index >= 15 is 0 Å². The second kappa shape index (κ2) is 7.49. The van der Waals surface area contributed by atoms with Crippen LogP contribution >= 0.6 is 28.1 Å². The van der Waals surface area contributed by atoms with Crippen molar-refractivity contribution in [3.05, 3.63) is 28.3 Å². The van der Waals surface area contributed by atoms with E-state index in [0.29, 0.717) is 12.1 Å². The Labute approximate surface area is 104 Å². The van der Waals surface area contributed by atoms with Crippen molar-refractivity contribution in [2.45, 2.75) is 13.1 Å². The first-order valence-electron chi connectivity index (χ1n) is 3.94. The van der Waals surface area contributed by atoms with Gasteiger partial charge in [-0.2, -0.15) is 13.2 Å². The van der Waals surface area contributed by atoms with Crippen LogP contribution in [0, 0.1) is 0 Å². The lowest BCUT2D eigenvalue weighted by Gasteiger charge is -2.07. The molecule has 0 aliphatic carbocycles. The zero-order valence-electron chi connectivity index (χ0n) is 8.25. The normalized spacial score (nSPS) is 13.1. The molecule has 0 fully saturated rings. The zero-order chi connectivity index (χ0) is 12.6. The molecule has 0 amide bonds. The van der Waals surface area contributed by atoms with Gasteiger partial charge in [-0.3, -0.25) is 0 Å². The third-order valence-corrected chi connectivity index (χ3v) is 2.23. The Morgan fingerprint density at radius 3 is 2.56 bits per heavy atom. The van der Waals surface area contributed by atoms with Gasteiger partial charge in [-0.1, -0.05) is 28.1 Å². The van der Waals surface area contributed by atoms with Crippen molar-refractivity contribution in [2.24, 2.45) is 8.80 Å². The van der Waals surface area contributed by atoms with Crippen LogP contribution in [0.5, 0.6) is 0 Å². The number of halogens is 4. The number of nitrogens with zero attached hydrogens (tertiary/aromatic N) is 2. The fourth-order valence-electron chi connectivity index (χ4n) is 0.666. The minimum atomic E-state index is -4.47. The van der Waals surface area contributed by atoms with Gasteiger partial charge in [0.25, 0.3) is 0 Å². The lowest BCUT2D eigenvalue weighted by molar-refractivity contribution is -0.0882. The molecule has 0 N–H and O–H groups in total. The van der Waals surface area contributed by atoms with Gasteiger partial charge in [0, 0.05) is 17.3 Å². The van der Waals surface area contributed by atoms with E-state index in [1.54, 1.807) is 6.92 Å². The van der Waals surface area contributed by atoms with Gasteiger partial charge in [-0.15, -0.1) is 4.40 Å². The quantitative estimate of drug-likeness (QED) is 0.432. The maximum Gasteiger partial charge on any atom is 0.418 e. The summed E-state index contributed by atoms with van der Waals surface area (Å²) in [5, 5.41) is 0. The van der Waals surface area contributed by atoms with Gasteiger partial charge in [0.05, 0.1) is 5.57 Å². The highest BCUT2D eigenvalue weighted by molar-refractivity contribution is 9.11. The molecule has 0 spiro atoms. The van der Waals surface area contributed by atoms with Crippen LogP contribution in [0.4, 0.5) is 13.2 Å². The van der Waals surface area contributed by atoms with Gasteiger partial charge in [0.15, 0.2) is 0 Å². The standard InChI is InChI=1S/C9H8BrF3N2S/c1-3-4-8(10)7(9(11,12)13)5-6-15-16-14-2/h3-5H,2H2,1H3/b4-3-,8-7-. The molecule has 2 nitrogen and oxygen atoms in total. The molecule has 0 bridgehead atoms. The van der Waals surface area contributed by atoms with Crippen molar-refractivity contribution in [3.63, 3.8) is 0 Å². The third kappa shape index (κ3) is 5.95. The highest BCUT2D eigenvalue weighted by Gasteiger charge is 2.33. The lowest BCUT2D eigenvalue weighted by Crippen LogP contribution is -2.11. The number of allylic oxidation sites excluding steroid dienone is 5. The molecular formula is C9H8BrF3N2S. The predicted octanol–water partition coefficient (Wildman–Crippen LogP) is 4.26. The van der Waals surface area contributed by atoms with Crippen molar-refractivity contribution in [2.75, 3.05) is 0 Å². The lowest BCUT2D eigenvalue weighted by atomic mass is 10.2. The minimum Gasteiger partial charge on any atom is -0.209 e. The minimum absolute atomic E-state index is 0.0817. The van der Waals surface area contributed by atoms with E-state index in [4.69, 9.17) is 0 Å². The van der Waals surface area contributed by atoms with Gasteiger partial charge < -0.3 is 0 Å². The average molecular weight is 313 g/mol. The van der Waals surface area contributed by atoms with E-state index < -0.39 is 11.7 Å². The molecule has 0 heterocycles. The monoisotopic (exact) mass is 312 g/mol. The van der Waals surface area contributed by atoms with Crippen molar-refractivity contribution in [1.82, 2.24) is 0 Å². The van der Waals surface area contributed by atoms with E-state index in [0.717, 1.165) is 6.08 Å². The molecular weight excluding hydrogens is 305 g/mol. The molecule has 0 aromatic heterocycles. The van der Waals surface area contributed by atoms with Crippen LogP contribution in [-0.2, 0) is 0 Å². The highest BCUT2D eigenvalue weighted by Crippen LogP contribution is 2.31. The van der Waals surface area contributed by atoms with E-state index in [9.17, 15) is 13.2 Å². The summed E-state index contributed by atoms with van der Waals surface area (Å²) >= 11 is 3.49. The second-order valence-corrected chi connectivity index (χ2v) is 3.79. The number of hydrogen-bond acceptors (Lipinski definition) is 3. The SMILES string of the molecule is C=NSN=C=C/C(=C(Br)\C=C/C)C(F)(F)F. The molecule has 0 aliphatic heterocycles. The van der Waals surface area contributed by atoms with Crippen LogP contribution in [0.25, 0.3) is 0 Å².